The number of thiophene rings is 2. The smallest absolute Gasteiger partial charge is 0.0707 e. The third-order valence-electron chi connectivity index (χ3n) is 4.55. The SMILES string of the molecule is Cn1cc(CCCN2CCc3sccc3C2c2cccs2)cn1. The van der Waals surface area contributed by atoms with Gasteiger partial charge in [-0.25, -0.2) is 0 Å². The predicted molar refractivity (Wildman–Crippen MR) is 97.3 cm³/mol. The summed E-state index contributed by atoms with van der Waals surface area (Å²) in [6, 6.07) is 7.25. The molecule has 3 aromatic rings. The summed E-state index contributed by atoms with van der Waals surface area (Å²) in [5, 5.41) is 8.72. The molecule has 1 aliphatic heterocycles. The molecule has 1 unspecified atom stereocenters. The van der Waals surface area contributed by atoms with Crippen molar-refractivity contribution in [2.75, 3.05) is 13.1 Å². The molecule has 1 atom stereocenters. The fourth-order valence-corrected chi connectivity index (χ4v) is 5.26. The lowest BCUT2D eigenvalue weighted by molar-refractivity contribution is 0.215. The number of aromatic nitrogens is 2. The molecule has 120 valence electrons. The number of fused-ring (bicyclic) bond motifs is 1. The second kappa shape index (κ2) is 6.59. The van der Waals surface area contributed by atoms with E-state index in [1.807, 2.05) is 40.6 Å². The summed E-state index contributed by atoms with van der Waals surface area (Å²) in [7, 11) is 1.99. The Kier molecular flexibility index (Phi) is 4.33. The Morgan fingerprint density at radius 3 is 3.00 bits per heavy atom. The molecule has 5 heteroatoms. The number of rotatable bonds is 5. The molecular weight excluding hydrogens is 322 g/mol. The van der Waals surface area contributed by atoms with Crippen molar-refractivity contribution in [3.05, 3.63) is 62.2 Å². The van der Waals surface area contributed by atoms with Crippen LogP contribution in [0.25, 0.3) is 0 Å². The quantitative estimate of drug-likeness (QED) is 0.695. The minimum absolute atomic E-state index is 0.457. The van der Waals surface area contributed by atoms with Gasteiger partial charge in [-0.15, -0.1) is 22.7 Å². The van der Waals surface area contributed by atoms with Gasteiger partial charge in [0, 0.05) is 29.5 Å². The van der Waals surface area contributed by atoms with E-state index in [1.165, 1.54) is 35.4 Å². The summed E-state index contributed by atoms with van der Waals surface area (Å²) in [5.74, 6) is 0. The van der Waals surface area contributed by atoms with Crippen LogP contribution >= 0.6 is 22.7 Å². The van der Waals surface area contributed by atoms with Crippen LogP contribution in [0, 0.1) is 0 Å². The van der Waals surface area contributed by atoms with E-state index >= 15 is 0 Å². The summed E-state index contributed by atoms with van der Waals surface area (Å²) >= 11 is 3.80. The molecule has 0 saturated heterocycles. The summed E-state index contributed by atoms with van der Waals surface area (Å²) in [6.45, 7) is 2.32. The fraction of sp³-hybridized carbons (Fsp3) is 0.389. The Bertz CT molecular complexity index is 757. The highest BCUT2D eigenvalue weighted by molar-refractivity contribution is 7.10. The van der Waals surface area contributed by atoms with Crippen molar-refractivity contribution < 1.29 is 0 Å². The maximum absolute atomic E-state index is 4.27. The molecule has 23 heavy (non-hydrogen) atoms. The zero-order valence-electron chi connectivity index (χ0n) is 13.3. The van der Waals surface area contributed by atoms with Crippen molar-refractivity contribution in [3.8, 4) is 0 Å². The van der Waals surface area contributed by atoms with Crippen LogP contribution in [0.1, 0.15) is 33.3 Å². The Hall–Kier alpha value is -1.43. The fourth-order valence-electron chi connectivity index (χ4n) is 3.48. The molecule has 1 aliphatic rings. The van der Waals surface area contributed by atoms with Gasteiger partial charge >= 0.3 is 0 Å². The average Bonchev–Trinajstić information content (AvgIpc) is 3.27. The standard InChI is InChI=1S/C18H21N3S2/c1-20-13-14(12-19-20)4-2-8-21-9-6-16-15(7-11-23-16)18(21)17-5-3-10-22-17/h3,5,7,10-13,18H,2,4,6,8-9H2,1H3. The Morgan fingerprint density at radius 1 is 1.26 bits per heavy atom. The van der Waals surface area contributed by atoms with Gasteiger partial charge in [-0.1, -0.05) is 6.07 Å². The second-order valence-electron chi connectivity index (χ2n) is 6.13. The lowest BCUT2D eigenvalue weighted by atomic mass is 9.98. The van der Waals surface area contributed by atoms with Crippen LogP contribution in [0.2, 0.25) is 0 Å². The van der Waals surface area contributed by atoms with Crippen LogP contribution in [-0.4, -0.2) is 27.8 Å². The third kappa shape index (κ3) is 3.13. The average molecular weight is 344 g/mol. The van der Waals surface area contributed by atoms with E-state index in [9.17, 15) is 0 Å². The minimum Gasteiger partial charge on any atom is -0.291 e. The first kappa shape index (κ1) is 15.1. The molecule has 4 heterocycles. The molecule has 4 rings (SSSR count). The number of aryl methyl sites for hydroxylation is 2. The first-order chi connectivity index (χ1) is 11.3. The second-order valence-corrected chi connectivity index (χ2v) is 8.11. The van der Waals surface area contributed by atoms with Crippen molar-refractivity contribution in [2.24, 2.45) is 7.05 Å². The van der Waals surface area contributed by atoms with Crippen LogP contribution in [0.15, 0.2) is 41.4 Å². The molecule has 3 nitrogen and oxygen atoms in total. The molecule has 0 saturated carbocycles. The van der Waals surface area contributed by atoms with Gasteiger partial charge in [0.05, 0.1) is 12.2 Å². The highest BCUT2D eigenvalue weighted by Crippen LogP contribution is 2.39. The molecule has 0 fully saturated rings. The Labute approximate surface area is 145 Å². The Balaban J connectivity index is 1.48. The molecular formula is C18H21N3S2. The van der Waals surface area contributed by atoms with Crippen LogP contribution < -0.4 is 0 Å². The largest absolute Gasteiger partial charge is 0.291 e. The zero-order valence-corrected chi connectivity index (χ0v) is 14.9. The van der Waals surface area contributed by atoms with Gasteiger partial charge in [0.15, 0.2) is 0 Å². The van der Waals surface area contributed by atoms with Crippen LogP contribution in [0.3, 0.4) is 0 Å². The van der Waals surface area contributed by atoms with Gasteiger partial charge in [0.2, 0.25) is 0 Å². The van der Waals surface area contributed by atoms with E-state index < -0.39 is 0 Å². The van der Waals surface area contributed by atoms with Crippen LogP contribution in [0.4, 0.5) is 0 Å². The van der Waals surface area contributed by atoms with Gasteiger partial charge in [0.1, 0.15) is 0 Å². The summed E-state index contributed by atoms with van der Waals surface area (Å²) in [6.07, 6.45) is 7.61. The Morgan fingerprint density at radius 2 is 2.22 bits per heavy atom. The van der Waals surface area contributed by atoms with E-state index in [1.54, 1.807) is 4.88 Å². The normalized spacial score (nSPS) is 18.2. The summed E-state index contributed by atoms with van der Waals surface area (Å²) < 4.78 is 1.89. The molecule has 0 radical (unpaired) electrons. The number of hydrogen-bond donors (Lipinski definition) is 0. The summed E-state index contributed by atoms with van der Waals surface area (Å²) in [5.41, 5.74) is 2.87. The molecule has 0 N–H and O–H groups in total. The summed E-state index contributed by atoms with van der Waals surface area (Å²) in [4.78, 5) is 5.72. The maximum atomic E-state index is 4.27. The first-order valence-corrected chi connectivity index (χ1v) is 9.88. The van der Waals surface area contributed by atoms with Crippen molar-refractivity contribution in [1.29, 1.82) is 0 Å². The van der Waals surface area contributed by atoms with E-state index in [0.717, 1.165) is 13.0 Å². The van der Waals surface area contributed by atoms with Crippen molar-refractivity contribution in [1.82, 2.24) is 14.7 Å². The maximum Gasteiger partial charge on any atom is 0.0707 e. The topological polar surface area (TPSA) is 21.1 Å². The van der Waals surface area contributed by atoms with Gasteiger partial charge in [-0.05, 0) is 59.8 Å². The lowest BCUT2D eigenvalue weighted by Gasteiger charge is -2.35. The van der Waals surface area contributed by atoms with Crippen molar-refractivity contribution in [3.63, 3.8) is 0 Å². The predicted octanol–water partition coefficient (Wildman–Crippen LogP) is 4.12. The van der Waals surface area contributed by atoms with Crippen molar-refractivity contribution in [2.45, 2.75) is 25.3 Å². The molecule has 3 aromatic heterocycles. The molecule has 0 aromatic carbocycles. The minimum atomic E-state index is 0.457. The highest BCUT2D eigenvalue weighted by atomic mass is 32.1. The van der Waals surface area contributed by atoms with E-state index in [2.05, 4.69) is 45.2 Å². The molecule has 0 aliphatic carbocycles. The first-order valence-electron chi connectivity index (χ1n) is 8.12. The monoisotopic (exact) mass is 343 g/mol. The van der Waals surface area contributed by atoms with Crippen LogP contribution in [0.5, 0.6) is 0 Å². The van der Waals surface area contributed by atoms with Crippen molar-refractivity contribution >= 4 is 22.7 Å². The number of nitrogens with zero attached hydrogens (tertiary/aromatic N) is 3. The zero-order chi connectivity index (χ0) is 15.6. The van der Waals surface area contributed by atoms with E-state index in [-0.39, 0.29) is 0 Å². The highest BCUT2D eigenvalue weighted by Gasteiger charge is 2.29. The van der Waals surface area contributed by atoms with Crippen LogP contribution in [-0.2, 0) is 19.9 Å². The molecule has 0 bridgehead atoms. The van der Waals surface area contributed by atoms with Gasteiger partial charge < -0.3 is 0 Å². The lowest BCUT2D eigenvalue weighted by Crippen LogP contribution is -2.35. The van der Waals surface area contributed by atoms with Gasteiger partial charge in [0.25, 0.3) is 0 Å². The third-order valence-corrected chi connectivity index (χ3v) is 6.47. The van der Waals surface area contributed by atoms with E-state index in [4.69, 9.17) is 0 Å². The molecule has 0 amide bonds. The molecule has 0 spiro atoms. The van der Waals surface area contributed by atoms with E-state index in [0.29, 0.717) is 6.04 Å². The van der Waals surface area contributed by atoms with Gasteiger partial charge in [-0.2, -0.15) is 5.10 Å². The van der Waals surface area contributed by atoms with Gasteiger partial charge in [-0.3, -0.25) is 9.58 Å². The number of hydrogen-bond acceptors (Lipinski definition) is 4.